The Labute approximate surface area is 171 Å². The summed E-state index contributed by atoms with van der Waals surface area (Å²) >= 11 is 1.32. The summed E-state index contributed by atoms with van der Waals surface area (Å²) < 4.78 is 23.3. The van der Waals surface area contributed by atoms with Crippen LogP contribution in [0.1, 0.15) is 16.3 Å². The summed E-state index contributed by atoms with van der Waals surface area (Å²) in [5.74, 6) is -0.967. The maximum atomic E-state index is 13.1. The van der Waals surface area contributed by atoms with Crippen LogP contribution in [0.15, 0.2) is 53.9 Å². The van der Waals surface area contributed by atoms with E-state index in [1.807, 2.05) is 31.2 Å². The molecule has 1 aromatic heterocycles. The van der Waals surface area contributed by atoms with Crippen LogP contribution in [-0.2, 0) is 27.4 Å². The van der Waals surface area contributed by atoms with Gasteiger partial charge in [-0.25, -0.2) is 14.2 Å². The van der Waals surface area contributed by atoms with Crippen LogP contribution in [0, 0.1) is 12.7 Å². The van der Waals surface area contributed by atoms with E-state index in [0.717, 1.165) is 11.3 Å². The van der Waals surface area contributed by atoms with Crippen LogP contribution in [0.2, 0.25) is 0 Å². The molecule has 0 saturated heterocycles. The van der Waals surface area contributed by atoms with E-state index >= 15 is 0 Å². The topological polar surface area (TPSA) is 77.5 Å². The Kier molecular flexibility index (Phi) is 6.91. The third-order valence-electron chi connectivity index (χ3n) is 3.78. The lowest BCUT2D eigenvalue weighted by Gasteiger charge is -2.06. The number of nitrogens with one attached hydrogen (secondary N) is 1. The van der Waals surface area contributed by atoms with Crippen molar-refractivity contribution in [2.24, 2.45) is 0 Å². The van der Waals surface area contributed by atoms with Gasteiger partial charge in [-0.15, -0.1) is 11.3 Å². The van der Waals surface area contributed by atoms with Crippen LogP contribution in [-0.4, -0.2) is 23.5 Å². The van der Waals surface area contributed by atoms with Gasteiger partial charge in [0.15, 0.2) is 6.61 Å². The van der Waals surface area contributed by atoms with Gasteiger partial charge >= 0.3 is 5.97 Å². The molecule has 1 N–H and O–H groups in total. The molecule has 1 amide bonds. The van der Waals surface area contributed by atoms with Crippen molar-refractivity contribution in [3.05, 3.63) is 76.0 Å². The first-order valence-electron chi connectivity index (χ1n) is 8.82. The van der Waals surface area contributed by atoms with Crippen LogP contribution in [0.25, 0.3) is 0 Å². The van der Waals surface area contributed by atoms with Gasteiger partial charge in [-0.2, -0.15) is 0 Å². The van der Waals surface area contributed by atoms with Crippen molar-refractivity contribution in [2.45, 2.75) is 20.0 Å². The Bertz CT molecular complexity index is 988. The van der Waals surface area contributed by atoms with Crippen LogP contribution >= 0.6 is 11.3 Å². The molecular weight excluding hydrogens is 395 g/mol. The fraction of sp³-hybridized carbons (Fsp3) is 0.190. The van der Waals surface area contributed by atoms with Crippen molar-refractivity contribution in [2.75, 3.05) is 11.9 Å². The highest BCUT2D eigenvalue weighted by molar-refractivity contribution is 7.09. The number of rotatable bonds is 8. The number of nitrogens with zero attached hydrogens (tertiary/aromatic N) is 1. The van der Waals surface area contributed by atoms with E-state index in [2.05, 4.69) is 10.3 Å². The van der Waals surface area contributed by atoms with E-state index in [1.165, 1.54) is 29.5 Å². The summed E-state index contributed by atoms with van der Waals surface area (Å²) in [6.45, 7) is 1.62. The highest BCUT2D eigenvalue weighted by Gasteiger charge is 2.11. The average Bonchev–Trinajstić information content (AvgIpc) is 3.14. The Morgan fingerprint density at radius 3 is 2.72 bits per heavy atom. The molecular formula is C21H19FN2O4S. The van der Waals surface area contributed by atoms with Gasteiger partial charge in [0, 0.05) is 17.1 Å². The minimum absolute atomic E-state index is 0.0264. The zero-order chi connectivity index (χ0) is 20.6. The number of aromatic nitrogens is 1. The van der Waals surface area contributed by atoms with Crippen LogP contribution in [0.4, 0.5) is 10.1 Å². The standard InChI is InChI=1S/C21H19FN2O4S/c1-14-5-7-16(8-6-14)23-19(25)10-20-24-17(13-29-20)11-28-21(26)12-27-18-4-2-3-15(22)9-18/h2-9,13H,10-12H2,1H3,(H,23,25). The first-order valence-corrected chi connectivity index (χ1v) is 9.70. The molecule has 0 saturated carbocycles. The number of carbonyl (C=O) groups is 2. The quantitative estimate of drug-likeness (QED) is 0.566. The summed E-state index contributed by atoms with van der Waals surface area (Å²) in [6.07, 6.45) is 0.134. The number of amides is 1. The van der Waals surface area contributed by atoms with E-state index < -0.39 is 11.8 Å². The SMILES string of the molecule is Cc1ccc(NC(=O)Cc2nc(COC(=O)COc3cccc(F)c3)cs2)cc1. The number of thiazole rings is 1. The van der Waals surface area contributed by atoms with Gasteiger partial charge in [0.2, 0.25) is 5.91 Å². The van der Waals surface area contributed by atoms with E-state index in [-0.39, 0.29) is 31.3 Å². The van der Waals surface area contributed by atoms with E-state index in [4.69, 9.17) is 9.47 Å². The molecule has 3 rings (SSSR count). The summed E-state index contributed by atoms with van der Waals surface area (Å²) in [4.78, 5) is 28.2. The normalized spacial score (nSPS) is 10.4. The molecule has 0 fully saturated rings. The lowest BCUT2D eigenvalue weighted by Crippen LogP contribution is -2.15. The van der Waals surface area contributed by atoms with Crippen LogP contribution in [0.5, 0.6) is 5.75 Å². The summed E-state index contributed by atoms with van der Waals surface area (Å²) in [5.41, 5.74) is 2.39. The number of anilines is 1. The molecule has 150 valence electrons. The van der Waals surface area contributed by atoms with Crippen molar-refractivity contribution in [3.8, 4) is 5.75 Å². The van der Waals surface area contributed by atoms with Crippen LogP contribution < -0.4 is 10.1 Å². The molecule has 0 unspecified atom stereocenters. The Morgan fingerprint density at radius 2 is 1.97 bits per heavy atom. The minimum Gasteiger partial charge on any atom is -0.482 e. The zero-order valence-corrected chi connectivity index (χ0v) is 16.5. The number of esters is 1. The minimum atomic E-state index is -0.596. The third-order valence-corrected chi connectivity index (χ3v) is 4.68. The second-order valence-electron chi connectivity index (χ2n) is 6.23. The number of benzene rings is 2. The van der Waals surface area contributed by atoms with Crippen molar-refractivity contribution >= 4 is 28.9 Å². The molecule has 0 aliphatic carbocycles. The molecule has 0 spiro atoms. The number of hydrogen-bond acceptors (Lipinski definition) is 6. The van der Waals surface area contributed by atoms with Gasteiger partial charge in [-0.05, 0) is 31.2 Å². The number of aryl methyl sites for hydroxylation is 1. The maximum absolute atomic E-state index is 13.1. The van der Waals surface area contributed by atoms with Crippen molar-refractivity contribution < 1.29 is 23.5 Å². The summed E-state index contributed by atoms with van der Waals surface area (Å²) in [6, 6.07) is 13.0. The van der Waals surface area contributed by atoms with Gasteiger partial charge in [-0.3, -0.25) is 4.79 Å². The Hall–Kier alpha value is -3.26. The third kappa shape index (κ3) is 6.69. The lowest BCUT2D eigenvalue weighted by molar-refractivity contribution is -0.147. The van der Waals surface area contributed by atoms with E-state index in [9.17, 15) is 14.0 Å². The van der Waals surface area contributed by atoms with Crippen molar-refractivity contribution in [1.82, 2.24) is 4.98 Å². The largest absolute Gasteiger partial charge is 0.482 e. The number of carbonyl (C=O) groups excluding carboxylic acids is 2. The lowest BCUT2D eigenvalue weighted by atomic mass is 10.2. The number of halogens is 1. The van der Waals surface area contributed by atoms with Gasteiger partial charge in [0.25, 0.3) is 0 Å². The van der Waals surface area contributed by atoms with E-state index in [1.54, 1.807) is 11.4 Å². The molecule has 8 heteroatoms. The first kappa shape index (κ1) is 20.5. The summed E-state index contributed by atoms with van der Waals surface area (Å²) in [7, 11) is 0. The second-order valence-corrected chi connectivity index (χ2v) is 7.17. The molecule has 1 heterocycles. The van der Waals surface area contributed by atoms with Crippen molar-refractivity contribution in [1.29, 1.82) is 0 Å². The van der Waals surface area contributed by atoms with Crippen molar-refractivity contribution in [3.63, 3.8) is 0 Å². The fourth-order valence-corrected chi connectivity index (χ4v) is 3.15. The second kappa shape index (κ2) is 9.79. The Balaban J connectivity index is 1.41. The van der Waals surface area contributed by atoms with Crippen LogP contribution in [0.3, 0.4) is 0 Å². The van der Waals surface area contributed by atoms with Gasteiger partial charge in [0.05, 0.1) is 12.1 Å². The predicted octanol–water partition coefficient (Wildman–Crippen LogP) is 3.89. The molecule has 0 aliphatic heterocycles. The monoisotopic (exact) mass is 414 g/mol. The average molecular weight is 414 g/mol. The van der Waals surface area contributed by atoms with E-state index in [0.29, 0.717) is 10.7 Å². The highest BCUT2D eigenvalue weighted by atomic mass is 32.1. The molecule has 0 atom stereocenters. The smallest absolute Gasteiger partial charge is 0.344 e. The number of hydrogen-bond donors (Lipinski definition) is 1. The zero-order valence-electron chi connectivity index (χ0n) is 15.7. The molecule has 3 aromatic rings. The van der Waals surface area contributed by atoms with Gasteiger partial charge in [-0.1, -0.05) is 23.8 Å². The molecule has 29 heavy (non-hydrogen) atoms. The summed E-state index contributed by atoms with van der Waals surface area (Å²) in [5, 5.41) is 5.17. The Morgan fingerprint density at radius 1 is 1.17 bits per heavy atom. The molecule has 0 aliphatic rings. The predicted molar refractivity (Wildman–Crippen MR) is 107 cm³/mol. The van der Waals surface area contributed by atoms with Gasteiger partial charge in [0.1, 0.15) is 23.2 Å². The molecule has 6 nitrogen and oxygen atoms in total. The highest BCUT2D eigenvalue weighted by Crippen LogP contribution is 2.15. The number of ether oxygens (including phenoxy) is 2. The first-order chi connectivity index (χ1) is 14.0. The fourth-order valence-electron chi connectivity index (χ4n) is 2.37. The molecule has 0 bridgehead atoms. The van der Waals surface area contributed by atoms with Gasteiger partial charge < -0.3 is 14.8 Å². The maximum Gasteiger partial charge on any atom is 0.344 e. The molecule has 2 aromatic carbocycles. The molecule has 0 radical (unpaired) electrons.